The zero-order valence-corrected chi connectivity index (χ0v) is 14.7. The third kappa shape index (κ3) is 3.31. The first-order valence-corrected chi connectivity index (χ1v) is 8.94. The Bertz CT molecular complexity index is 975. The van der Waals surface area contributed by atoms with Crippen LogP contribution in [-0.2, 0) is 0 Å². The Morgan fingerprint density at radius 3 is 2.50 bits per heavy atom. The summed E-state index contributed by atoms with van der Waals surface area (Å²) >= 11 is 0. The number of carbonyl (C=O) groups excluding carboxylic acids is 1. The van der Waals surface area contributed by atoms with Crippen molar-refractivity contribution < 1.29 is 4.79 Å². The minimum atomic E-state index is -0.152. The molecule has 0 spiro atoms. The summed E-state index contributed by atoms with van der Waals surface area (Å²) in [7, 11) is 0. The van der Waals surface area contributed by atoms with Gasteiger partial charge in [-0.05, 0) is 37.5 Å². The van der Waals surface area contributed by atoms with Crippen LogP contribution in [0.2, 0.25) is 0 Å². The first-order chi connectivity index (χ1) is 12.8. The summed E-state index contributed by atoms with van der Waals surface area (Å²) in [6.45, 7) is 1.94. The van der Waals surface area contributed by atoms with Crippen LogP contribution in [0.3, 0.4) is 0 Å². The molecule has 0 atom stereocenters. The molecule has 1 heterocycles. The molecule has 3 aromatic rings. The lowest BCUT2D eigenvalue weighted by molar-refractivity contribution is 0.0944. The number of allylic oxidation sites excluding steroid dienone is 1. The van der Waals surface area contributed by atoms with Crippen LogP contribution in [0, 0.1) is 0 Å². The zero-order valence-electron chi connectivity index (χ0n) is 14.7. The molecule has 1 saturated carbocycles. The minimum Gasteiger partial charge on any atom is -0.298 e. The molecule has 130 valence electrons. The third-order valence-electron chi connectivity index (χ3n) is 4.66. The van der Waals surface area contributed by atoms with Crippen LogP contribution >= 0.6 is 0 Å². The van der Waals surface area contributed by atoms with E-state index in [4.69, 9.17) is 4.98 Å². The molecular formula is C22H21N3O. The van der Waals surface area contributed by atoms with Crippen molar-refractivity contribution in [2.75, 3.05) is 0 Å². The first kappa shape index (κ1) is 16.3. The molecule has 1 aromatic heterocycles. The molecule has 4 rings (SSSR count). The maximum atomic E-state index is 12.9. The van der Waals surface area contributed by atoms with Crippen LogP contribution in [0.1, 0.15) is 47.3 Å². The van der Waals surface area contributed by atoms with Crippen LogP contribution in [0.15, 0.2) is 66.7 Å². The third-order valence-corrected chi connectivity index (χ3v) is 4.66. The summed E-state index contributed by atoms with van der Waals surface area (Å²) in [4.78, 5) is 17.6. The van der Waals surface area contributed by atoms with E-state index in [-0.39, 0.29) is 5.91 Å². The molecular weight excluding hydrogens is 322 g/mol. The summed E-state index contributed by atoms with van der Waals surface area (Å²) in [5, 5.41) is 0.873. The maximum Gasteiger partial charge on any atom is 0.270 e. The van der Waals surface area contributed by atoms with Crippen molar-refractivity contribution in [1.29, 1.82) is 0 Å². The van der Waals surface area contributed by atoms with Gasteiger partial charge in [-0.25, -0.2) is 0 Å². The number of carbonyl (C=O) groups is 1. The average Bonchev–Trinajstić information content (AvgIpc) is 3.53. The standard InChI is InChI=1S/C22H21N3O/c1-2-19(15-8-4-3-5-9-15)24-25-22(26)18-14-21(16-12-13-16)23-20-11-7-6-10-17(18)20/h2-11,14,16,24H,12-13H2,1H3,(H,25,26). The Hall–Kier alpha value is -3.14. The number of benzene rings is 2. The summed E-state index contributed by atoms with van der Waals surface area (Å²) in [6, 6.07) is 19.7. The van der Waals surface area contributed by atoms with Crippen molar-refractivity contribution in [2.45, 2.75) is 25.7 Å². The molecule has 0 bridgehead atoms. The van der Waals surface area contributed by atoms with Gasteiger partial charge < -0.3 is 0 Å². The lowest BCUT2D eigenvalue weighted by Gasteiger charge is -2.14. The van der Waals surface area contributed by atoms with Gasteiger partial charge in [0, 0.05) is 17.0 Å². The topological polar surface area (TPSA) is 54.0 Å². The van der Waals surface area contributed by atoms with E-state index < -0.39 is 0 Å². The van der Waals surface area contributed by atoms with E-state index in [0.717, 1.165) is 40.7 Å². The van der Waals surface area contributed by atoms with E-state index in [9.17, 15) is 4.79 Å². The Balaban J connectivity index is 1.60. The fraction of sp³-hybridized carbons (Fsp3) is 0.182. The molecule has 1 amide bonds. The molecule has 4 heteroatoms. The van der Waals surface area contributed by atoms with Gasteiger partial charge in [-0.1, -0.05) is 54.6 Å². The maximum absolute atomic E-state index is 12.9. The van der Waals surface area contributed by atoms with E-state index >= 15 is 0 Å². The Morgan fingerprint density at radius 1 is 1.04 bits per heavy atom. The minimum absolute atomic E-state index is 0.152. The van der Waals surface area contributed by atoms with Crippen LogP contribution in [0.5, 0.6) is 0 Å². The highest BCUT2D eigenvalue weighted by Gasteiger charge is 2.26. The van der Waals surface area contributed by atoms with Crippen molar-refractivity contribution in [3.05, 3.63) is 83.6 Å². The van der Waals surface area contributed by atoms with Crippen LogP contribution in [0.4, 0.5) is 0 Å². The monoisotopic (exact) mass is 343 g/mol. The summed E-state index contributed by atoms with van der Waals surface area (Å²) in [5.74, 6) is 0.343. The second-order valence-electron chi connectivity index (χ2n) is 6.53. The van der Waals surface area contributed by atoms with Gasteiger partial charge in [0.25, 0.3) is 5.91 Å². The van der Waals surface area contributed by atoms with Crippen molar-refractivity contribution in [1.82, 2.24) is 15.8 Å². The number of para-hydroxylation sites is 1. The summed E-state index contributed by atoms with van der Waals surface area (Å²) in [5.41, 5.74) is 10.3. The van der Waals surface area contributed by atoms with Gasteiger partial charge in [0.2, 0.25) is 0 Å². The lowest BCUT2D eigenvalue weighted by atomic mass is 10.1. The second kappa shape index (κ2) is 7.00. The highest BCUT2D eigenvalue weighted by atomic mass is 16.2. The second-order valence-corrected chi connectivity index (χ2v) is 6.53. The Morgan fingerprint density at radius 2 is 1.77 bits per heavy atom. The molecule has 4 nitrogen and oxygen atoms in total. The van der Waals surface area contributed by atoms with Crippen molar-refractivity contribution >= 4 is 22.5 Å². The van der Waals surface area contributed by atoms with Gasteiger partial charge in [0.05, 0.1) is 16.8 Å². The van der Waals surface area contributed by atoms with Crippen molar-refractivity contribution in [3.8, 4) is 0 Å². The molecule has 1 aliphatic rings. The normalized spacial score (nSPS) is 14.3. The number of fused-ring (bicyclic) bond motifs is 1. The SMILES string of the molecule is CC=C(NNC(=O)c1cc(C2CC2)nc2ccccc12)c1ccccc1. The largest absolute Gasteiger partial charge is 0.298 e. The number of aromatic nitrogens is 1. The van der Waals surface area contributed by atoms with E-state index in [1.165, 1.54) is 0 Å². The van der Waals surface area contributed by atoms with Gasteiger partial charge in [-0.3, -0.25) is 20.6 Å². The number of nitrogens with one attached hydrogen (secondary N) is 2. The van der Waals surface area contributed by atoms with E-state index in [1.807, 2.05) is 73.7 Å². The highest BCUT2D eigenvalue weighted by Crippen LogP contribution is 2.40. The van der Waals surface area contributed by atoms with Gasteiger partial charge in [-0.15, -0.1) is 0 Å². The average molecular weight is 343 g/mol. The fourth-order valence-electron chi connectivity index (χ4n) is 3.09. The number of hydrazine groups is 1. The zero-order chi connectivity index (χ0) is 17.9. The van der Waals surface area contributed by atoms with Gasteiger partial charge in [0.15, 0.2) is 0 Å². The van der Waals surface area contributed by atoms with Crippen LogP contribution in [-0.4, -0.2) is 10.9 Å². The van der Waals surface area contributed by atoms with Crippen LogP contribution in [0.25, 0.3) is 16.6 Å². The molecule has 0 radical (unpaired) electrons. The molecule has 1 fully saturated rings. The number of hydrogen-bond acceptors (Lipinski definition) is 3. The Labute approximate surface area is 152 Å². The van der Waals surface area contributed by atoms with E-state index in [2.05, 4.69) is 10.9 Å². The number of nitrogens with zero attached hydrogens (tertiary/aromatic N) is 1. The summed E-state index contributed by atoms with van der Waals surface area (Å²) in [6.07, 6.45) is 4.25. The quantitative estimate of drug-likeness (QED) is 0.675. The first-order valence-electron chi connectivity index (χ1n) is 8.94. The van der Waals surface area contributed by atoms with E-state index in [1.54, 1.807) is 0 Å². The number of amides is 1. The Kier molecular flexibility index (Phi) is 4.40. The number of rotatable bonds is 5. The number of hydrogen-bond donors (Lipinski definition) is 2. The van der Waals surface area contributed by atoms with Crippen LogP contribution < -0.4 is 10.9 Å². The van der Waals surface area contributed by atoms with Crippen molar-refractivity contribution in [2.24, 2.45) is 0 Å². The summed E-state index contributed by atoms with van der Waals surface area (Å²) < 4.78 is 0. The molecule has 2 N–H and O–H groups in total. The molecule has 0 unspecified atom stereocenters. The molecule has 0 saturated heterocycles. The van der Waals surface area contributed by atoms with Gasteiger partial charge >= 0.3 is 0 Å². The predicted octanol–water partition coefficient (Wildman–Crippen LogP) is 4.41. The van der Waals surface area contributed by atoms with Crippen molar-refractivity contribution in [3.63, 3.8) is 0 Å². The molecule has 0 aliphatic heterocycles. The molecule has 2 aromatic carbocycles. The fourth-order valence-corrected chi connectivity index (χ4v) is 3.09. The smallest absolute Gasteiger partial charge is 0.270 e. The van der Waals surface area contributed by atoms with Gasteiger partial charge in [0.1, 0.15) is 0 Å². The lowest BCUT2D eigenvalue weighted by Crippen LogP contribution is -2.36. The highest BCUT2D eigenvalue weighted by molar-refractivity contribution is 6.06. The predicted molar refractivity (Wildman–Crippen MR) is 104 cm³/mol. The van der Waals surface area contributed by atoms with E-state index in [0.29, 0.717) is 11.5 Å². The number of pyridine rings is 1. The van der Waals surface area contributed by atoms with Gasteiger partial charge in [-0.2, -0.15) is 0 Å². The molecule has 26 heavy (non-hydrogen) atoms. The molecule has 1 aliphatic carbocycles.